The van der Waals surface area contributed by atoms with Crippen molar-refractivity contribution in [1.82, 2.24) is 10.5 Å². The monoisotopic (exact) mass is 248 g/mol. The molecule has 1 heterocycles. The topological polar surface area (TPSA) is 75.4 Å². The van der Waals surface area contributed by atoms with E-state index in [1.807, 2.05) is 26.0 Å². The number of carbonyl (C=O) groups excluding carboxylic acids is 1. The Kier molecular flexibility index (Phi) is 3.62. The average Bonchev–Trinajstić information content (AvgIpc) is 2.69. The number of rotatable bonds is 4. The van der Waals surface area contributed by atoms with Gasteiger partial charge in [-0.3, -0.25) is 4.79 Å². The van der Waals surface area contributed by atoms with Crippen molar-refractivity contribution in [1.29, 1.82) is 0 Å². The zero-order chi connectivity index (χ0) is 13.1. The average molecular weight is 248 g/mol. The molecular weight excluding hydrogens is 232 g/mol. The molecule has 96 valence electrons. The molecule has 1 amide bonds. The van der Waals surface area contributed by atoms with Crippen LogP contribution in [-0.2, 0) is 11.2 Å². The van der Waals surface area contributed by atoms with Crippen molar-refractivity contribution in [2.45, 2.75) is 20.3 Å². The number of hydrogen-bond acceptors (Lipinski definition) is 4. The number of fused-ring (bicyclic) bond motifs is 1. The van der Waals surface area contributed by atoms with Crippen LogP contribution in [0.5, 0.6) is 0 Å². The number of hydrogen-bond donors (Lipinski definition) is 2. The predicted molar refractivity (Wildman–Crippen MR) is 67.3 cm³/mol. The summed E-state index contributed by atoms with van der Waals surface area (Å²) in [6, 6.07) is 3.94. The molecule has 0 aliphatic carbocycles. The molecule has 0 saturated carbocycles. The van der Waals surface area contributed by atoms with E-state index >= 15 is 0 Å². The van der Waals surface area contributed by atoms with Gasteiger partial charge in [-0.05, 0) is 31.0 Å². The van der Waals surface area contributed by atoms with Gasteiger partial charge in [0.05, 0.1) is 13.0 Å². The second-order valence-electron chi connectivity index (χ2n) is 4.33. The van der Waals surface area contributed by atoms with E-state index in [-0.39, 0.29) is 25.5 Å². The van der Waals surface area contributed by atoms with Crippen LogP contribution in [-0.4, -0.2) is 29.3 Å². The molecule has 2 aromatic rings. The van der Waals surface area contributed by atoms with Crippen LogP contribution in [0.3, 0.4) is 0 Å². The van der Waals surface area contributed by atoms with Crippen LogP contribution in [0.1, 0.15) is 16.8 Å². The number of aryl methyl sites for hydroxylation is 2. The molecule has 0 unspecified atom stereocenters. The third-order valence-corrected chi connectivity index (χ3v) is 2.75. The first kappa shape index (κ1) is 12.6. The van der Waals surface area contributed by atoms with Gasteiger partial charge >= 0.3 is 0 Å². The Morgan fingerprint density at radius 3 is 2.94 bits per heavy atom. The van der Waals surface area contributed by atoms with Crippen molar-refractivity contribution >= 4 is 16.9 Å². The zero-order valence-electron chi connectivity index (χ0n) is 10.5. The quantitative estimate of drug-likeness (QED) is 0.849. The van der Waals surface area contributed by atoms with Gasteiger partial charge in [0.2, 0.25) is 5.91 Å². The van der Waals surface area contributed by atoms with Crippen LogP contribution < -0.4 is 5.32 Å². The number of amides is 1. The smallest absolute Gasteiger partial charge is 0.226 e. The number of nitrogens with zero attached hydrogens (tertiary/aromatic N) is 1. The SMILES string of the molecule is Cc1cc(C)c2c(CC(=O)NCCO)noc2c1. The number of nitrogens with one attached hydrogen (secondary N) is 1. The van der Waals surface area contributed by atoms with E-state index in [1.165, 1.54) is 0 Å². The molecule has 0 saturated heterocycles. The van der Waals surface area contributed by atoms with Crippen molar-refractivity contribution in [3.05, 3.63) is 29.0 Å². The Balaban J connectivity index is 2.27. The van der Waals surface area contributed by atoms with Crippen LogP contribution in [0.15, 0.2) is 16.7 Å². The second kappa shape index (κ2) is 5.18. The molecule has 18 heavy (non-hydrogen) atoms. The Morgan fingerprint density at radius 1 is 1.44 bits per heavy atom. The first-order valence-corrected chi connectivity index (χ1v) is 5.85. The summed E-state index contributed by atoms with van der Waals surface area (Å²) < 4.78 is 5.24. The van der Waals surface area contributed by atoms with Crippen LogP contribution >= 0.6 is 0 Å². The minimum atomic E-state index is -0.167. The highest BCUT2D eigenvalue weighted by Gasteiger charge is 2.14. The number of aliphatic hydroxyl groups excluding tert-OH is 1. The van der Waals surface area contributed by atoms with Gasteiger partial charge in [0.1, 0.15) is 5.69 Å². The van der Waals surface area contributed by atoms with Gasteiger partial charge in [-0.1, -0.05) is 11.2 Å². The summed E-state index contributed by atoms with van der Waals surface area (Å²) in [6.45, 7) is 4.15. The summed E-state index contributed by atoms with van der Waals surface area (Å²) in [6.07, 6.45) is 0.164. The largest absolute Gasteiger partial charge is 0.395 e. The minimum Gasteiger partial charge on any atom is -0.395 e. The Labute approximate surface area is 105 Å². The van der Waals surface area contributed by atoms with Crippen LogP contribution in [0.25, 0.3) is 11.0 Å². The van der Waals surface area contributed by atoms with E-state index < -0.39 is 0 Å². The van der Waals surface area contributed by atoms with Crippen molar-refractivity contribution < 1.29 is 14.4 Å². The second-order valence-corrected chi connectivity index (χ2v) is 4.33. The van der Waals surface area contributed by atoms with E-state index in [0.717, 1.165) is 16.5 Å². The van der Waals surface area contributed by atoms with Gasteiger partial charge in [0.25, 0.3) is 0 Å². The van der Waals surface area contributed by atoms with Crippen LogP contribution in [0.2, 0.25) is 0 Å². The molecule has 0 aliphatic heterocycles. The van der Waals surface area contributed by atoms with E-state index in [0.29, 0.717) is 11.3 Å². The molecule has 5 heteroatoms. The highest BCUT2D eigenvalue weighted by molar-refractivity contribution is 5.88. The third-order valence-electron chi connectivity index (χ3n) is 2.75. The fraction of sp³-hybridized carbons (Fsp3) is 0.385. The number of aliphatic hydroxyl groups is 1. The predicted octanol–water partition coefficient (Wildman–Crippen LogP) is 1.10. The standard InChI is InChI=1S/C13H16N2O3/c1-8-5-9(2)13-10(15-18-11(13)6-8)7-12(17)14-3-4-16/h5-6,16H,3-4,7H2,1-2H3,(H,14,17). The lowest BCUT2D eigenvalue weighted by atomic mass is 10.0. The Bertz CT molecular complexity index is 575. The normalized spacial score (nSPS) is 10.8. The molecule has 0 atom stereocenters. The highest BCUT2D eigenvalue weighted by atomic mass is 16.5. The fourth-order valence-electron chi connectivity index (χ4n) is 2.05. The molecule has 0 radical (unpaired) electrons. The summed E-state index contributed by atoms with van der Waals surface area (Å²) in [7, 11) is 0. The summed E-state index contributed by atoms with van der Waals surface area (Å²) in [5.41, 5.74) is 3.50. The molecule has 0 fully saturated rings. The first-order valence-electron chi connectivity index (χ1n) is 5.85. The van der Waals surface area contributed by atoms with Crippen LogP contribution in [0, 0.1) is 13.8 Å². The first-order chi connectivity index (χ1) is 8.61. The van der Waals surface area contributed by atoms with Crippen LogP contribution in [0.4, 0.5) is 0 Å². The summed E-state index contributed by atoms with van der Waals surface area (Å²) >= 11 is 0. The maximum absolute atomic E-state index is 11.6. The number of aromatic nitrogens is 1. The Morgan fingerprint density at radius 2 is 2.22 bits per heavy atom. The van der Waals surface area contributed by atoms with Gasteiger partial charge in [-0.15, -0.1) is 0 Å². The third kappa shape index (κ3) is 2.51. The molecule has 2 N–H and O–H groups in total. The van der Waals surface area contributed by atoms with Crippen molar-refractivity contribution in [2.75, 3.05) is 13.2 Å². The highest BCUT2D eigenvalue weighted by Crippen LogP contribution is 2.24. The number of carbonyl (C=O) groups is 1. The molecule has 0 aliphatic rings. The lowest BCUT2D eigenvalue weighted by Crippen LogP contribution is -2.28. The number of benzene rings is 1. The summed E-state index contributed by atoms with van der Waals surface area (Å²) in [5, 5.41) is 16.1. The molecule has 2 rings (SSSR count). The Hall–Kier alpha value is -1.88. The molecule has 5 nitrogen and oxygen atoms in total. The van der Waals surface area contributed by atoms with E-state index in [2.05, 4.69) is 10.5 Å². The lowest BCUT2D eigenvalue weighted by molar-refractivity contribution is -0.120. The van der Waals surface area contributed by atoms with Crippen molar-refractivity contribution in [3.8, 4) is 0 Å². The van der Waals surface area contributed by atoms with Gasteiger partial charge < -0.3 is 14.9 Å². The molecule has 0 spiro atoms. The van der Waals surface area contributed by atoms with Gasteiger partial charge in [0, 0.05) is 11.9 Å². The van der Waals surface area contributed by atoms with Gasteiger partial charge in [-0.25, -0.2) is 0 Å². The van der Waals surface area contributed by atoms with Crippen molar-refractivity contribution in [2.24, 2.45) is 0 Å². The molecular formula is C13H16N2O3. The molecule has 1 aromatic heterocycles. The summed E-state index contributed by atoms with van der Waals surface area (Å²) in [4.78, 5) is 11.6. The van der Waals surface area contributed by atoms with E-state index in [4.69, 9.17) is 9.63 Å². The van der Waals surface area contributed by atoms with E-state index in [1.54, 1.807) is 0 Å². The van der Waals surface area contributed by atoms with Gasteiger partial charge in [0.15, 0.2) is 5.58 Å². The lowest BCUT2D eigenvalue weighted by Gasteiger charge is -2.02. The van der Waals surface area contributed by atoms with E-state index in [9.17, 15) is 4.79 Å². The zero-order valence-corrected chi connectivity index (χ0v) is 10.5. The van der Waals surface area contributed by atoms with Gasteiger partial charge in [-0.2, -0.15) is 0 Å². The van der Waals surface area contributed by atoms with Crippen molar-refractivity contribution in [3.63, 3.8) is 0 Å². The maximum atomic E-state index is 11.6. The molecule has 1 aromatic carbocycles. The summed E-state index contributed by atoms with van der Waals surface area (Å²) in [5.74, 6) is -0.167. The minimum absolute atomic E-state index is 0.0659. The molecule has 0 bridgehead atoms. The fourth-order valence-corrected chi connectivity index (χ4v) is 2.05. The maximum Gasteiger partial charge on any atom is 0.226 e.